The van der Waals surface area contributed by atoms with Gasteiger partial charge in [-0.15, -0.1) is 0 Å². The van der Waals surface area contributed by atoms with Gasteiger partial charge in [-0.3, -0.25) is 9.69 Å². The molecular weight excluding hydrogens is 524 g/mol. The average molecular weight is 555 g/mol. The van der Waals surface area contributed by atoms with Gasteiger partial charge in [0.25, 0.3) is 0 Å². The highest BCUT2D eigenvalue weighted by Crippen LogP contribution is 2.38. The highest BCUT2D eigenvalue weighted by Gasteiger charge is 2.25. The van der Waals surface area contributed by atoms with Gasteiger partial charge in [-0.25, -0.2) is 9.67 Å². The zero-order chi connectivity index (χ0) is 27.5. The van der Waals surface area contributed by atoms with Gasteiger partial charge in [0.2, 0.25) is 11.9 Å². The lowest BCUT2D eigenvalue weighted by atomic mass is 10.1. The molecule has 206 valence electrons. The van der Waals surface area contributed by atoms with Crippen LogP contribution in [0.15, 0.2) is 37.2 Å². The molecular formula is C26H31ClN8O4. The van der Waals surface area contributed by atoms with Crippen molar-refractivity contribution in [3.05, 3.63) is 53.5 Å². The molecule has 2 aliphatic rings. The third-order valence-corrected chi connectivity index (χ3v) is 6.90. The molecule has 13 heteroatoms. The Bertz CT molecular complexity index is 1370. The quantitative estimate of drug-likeness (QED) is 0.339. The third kappa shape index (κ3) is 5.98. The van der Waals surface area contributed by atoms with E-state index in [-0.39, 0.29) is 18.0 Å². The summed E-state index contributed by atoms with van der Waals surface area (Å²) in [6, 6.07) is 3.64. The van der Waals surface area contributed by atoms with Crippen molar-refractivity contribution in [2.45, 2.75) is 19.6 Å². The van der Waals surface area contributed by atoms with Crippen molar-refractivity contribution in [2.24, 2.45) is 0 Å². The Hall–Kier alpha value is -3.71. The number of halogens is 1. The number of nitrogens with zero attached hydrogens (tertiary/aromatic N) is 6. The number of carbonyl (C=O) groups is 1. The Morgan fingerprint density at radius 2 is 2.08 bits per heavy atom. The normalized spacial score (nSPS) is 16.1. The fourth-order valence-electron chi connectivity index (χ4n) is 4.56. The molecule has 12 nitrogen and oxygen atoms in total. The van der Waals surface area contributed by atoms with Crippen molar-refractivity contribution in [1.29, 1.82) is 0 Å². The minimum Gasteiger partial charge on any atom is -0.494 e. The first-order valence-corrected chi connectivity index (χ1v) is 13.0. The van der Waals surface area contributed by atoms with Crippen molar-refractivity contribution in [3.8, 4) is 11.6 Å². The standard InChI is InChI=1S/C26H31ClN8O4/c1-4-24(37)29-20-9-21(23(38-3)10-22(20)34-5-7-39-8-6-34)30-26-28-11-19(27)25(31-26)35-13-17(16(2)32-35)12-33-14-18(36)15-33/h4,9-11,13,18,36H,1,5-8,12,14-15H2,2-3H3,(H,29,37)(H,28,30,31). The van der Waals surface area contributed by atoms with Crippen molar-refractivity contribution in [3.63, 3.8) is 0 Å². The van der Waals surface area contributed by atoms with Gasteiger partial charge in [0.15, 0.2) is 5.82 Å². The molecule has 1 aromatic carbocycles. The Morgan fingerprint density at radius 1 is 1.31 bits per heavy atom. The van der Waals surface area contributed by atoms with E-state index in [2.05, 4.69) is 42.1 Å². The maximum Gasteiger partial charge on any atom is 0.247 e. The molecule has 0 atom stereocenters. The molecule has 2 aromatic heterocycles. The first-order valence-electron chi connectivity index (χ1n) is 12.6. The van der Waals surface area contributed by atoms with Gasteiger partial charge in [-0.05, 0) is 19.1 Å². The van der Waals surface area contributed by atoms with E-state index in [0.29, 0.717) is 73.9 Å². The Balaban J connectivity index is 1.44. The van der Waals surface area contributed by atoms with E-state index >= 15 is 0 Å². The van der Waals surface area contributed by atoms with Crippen molar-refractivity contribution in [1.82, 2.24) is 24.6 Å². The minimum atomic E-state index is -0.330. The van der Waals surface area contributed by atoms with E-state index in [9.17, 15) is 9.90 Å². The molecule has 0 bridgehead atoms. The van der Waals surface area contributed by atoms with E-state index in [1.165, 1.54) is 12.3 Å². The Labute approximate surface area is 231 Å². The predicted molar refractivity (Wildman–Crippen MR) is 148 cm³/mol. The van der Waals surface area contributed by atoms with Crippen LogP contribution in [-0.2, 0) is 16.1 Å². The number of aryl methyl sites for hydroxylation is 1. The number of rotatable bonds is 9. The first kappa shape index (κ1) is 26.9. The smallest absolute Gasteiger partial charge is 0.247 e. The molecule has 3 aromatic rings. The lowest BCUT2D eigenvalue weighted by Gasteiger charge is -2.35. The third-order valence-electron chi connectivity index (χ3n) is 6.63. The number of morpholine rings is 1. The molecule has 2 aliphatic heterocycles. The number of anilines is 4. The van der Waals surface area contributed by atoms with Crippen LogP contribution in [0, 0.1) is 6.92 Å². The molecule has 2 fully saturated rings. The highest BCUT2D eigenvalue weighted by atomic mass is 35.5. The van der Waals surface area contributed by atoms with Crippen LogP contribution in [0.3, 0.4) is 0 Å². The van der Waals surface area contributed by atoms with Crippen LogP contribution in [0.2, 0.25) is 5.02 Å². The lowest BCUT2D eigenvalue weighted by Crippen LogP contribution is -2.49. The van der Waals surface area contributed by atoms with Crippen LogP contribution in [0.4, 0.5) is 23.0 Å². The lowest BCUT2D eigenvalue weighted by molar-refractivity contribution is -0.111. The minimum absolute atomic E-state index is 0.268. The number of aromatic nitrogens is 4. The molecule has 39 heavy (non-hydrogen) atoms. The SMILES string of the molecule is C=CC(=O)Nc1cc(Nc2ncc(Cl)c(-n3cc(CN4CC(O)C4)c(C)n3)n2)c(OC)cc1N1CCOCC1. The van der Waals surface area contributed by atoms with Gasteiger partial charge in [-0.2, -0.15) is 10.1 Å². The number of β-amino-alcohol motifs (C(OH)–C–C–N with tert-alkyl or cyclic N) is 1. The number of hydrogen-bond donors (Lipinski definition) is 3. The number of aliphatic hydroxyl groups is 1. The summed E-state index contributed by atoms with van der Waals surface area (Å²) in [7, 11) is 1.57. The maximum absolute atomic E-state index is 12.2. The van der Waals surface area contributed by atoms with E-state index in [0.717, 1.165) is 16.9 Å². The number of methoxy groups -OCH3 is 1. The molecule has 0 saturated carbocycles. The molecule has 0 spiro atoms. The summed E-state index contributed by atoms with van der Waals surface area (Å²) in [4.78, 5) is 25.5. The topological polar surface area (TPSA) is 130 Å². The van der Waals surface area contributed by atoms with Gasteiger partial charge in [0, 0.05) is 50.6 Å². The maximum atomic E-state index is 12.2. The van der Waals surface area contributed by atoms with E-state index in [1.54, 1.807) is 17.9 Å². The Kier molecular flexibility index (Phi) is 7.98. The fraction of sp³-hybridized carbons (Fsp3) is 0.385. The zero-order valence-corrected chi connectivity index (χ0v) is 22.6. The first-order chi connectivity index (χ1) is 18.8. The molecule has 4 heterocycles. The van der Waals surface area contributed by atoms with Crippen LogP contribution < -0.4 is 20.3 Å². The van der Waals surface area contributed by atoms with Crippen LogP contribution in [0.5, 0.6) is 5.75 Å². The number of aliphatic hydroxyl groups excluding tert-OH is 1. The summed E-state index contributed by atoms with van der Waals surface area (Å²) < 4.78 is 12.8. The second kappa shape index (κ2) is 11.6. The summed E-state index contributed by atoms with van der Waals surface area (Å²) in [5, 5.41) is 20.6. The van der Waals surface area contributed by atoms with Crippen LogP contribution in [0.1, 0.15) is 11.3 Å². The molecule has 0 unspecified atom stereocenters. The number of amides is 1. The van der Waals surface area contributed by atoms with Gasteiger partial charge in [-0.1, -0.05) is 18.2 Å². The summed E-state index contributed by atoms with van der Waals surface area (Å²) >= 11 is 6.47. The largest absolute Gasteiger partial charge is 0.494 e. The van der Waals surface area contributed by atoms with Crippen molar-refractivity contribution in [2.75, 3.05) is 62.0 Å². The summed E-state index contributed by atoms with van der Waals surface area (Å²) in [5.41, 5.74) is 3.82. The molecule has 0 aliphatic carbocycles. The second-order valence-corrected chi connectivity index (χ2v) is 9.79. The van der Waals surface area contributed by atoms with Crippen LogP contribution in [-0.4, -0.2) is 88.3 Å². The monoisotopic (exact) mass is 554 g/mol. The summed E-state index contributed by atoms with van der Waals surface area (Å²) in [5.74, 6) is 0.898. The fourth-order valence-corrected chi connectivity index (χ4v) is 4.73. The van der Waals surface area contributed by atoms with Crippen LogP contribution in [0.25, 0.3) is 5.82 Å². The average Bonchev–Trinajstić information content (AvgIpc) is 3.29. The number of likely N-dealkylation sites (tertiary alicyclic amines) is 1. The van der Waals surface area contributed by atoms with Crippen molar-refractivity contribution >= 4 is 40.5 Å². The van der Waals surface area contributed by atoms with Crippen LogP contribution >= 0.6 is 11.6 Å². The molecule has 1 amide bonds. The van der Waals surface area contributed by atoms with Gasteiger partial charge < -0.3 is 30.1 Å². The van der Waals surface area contributed by atoms with E-state index in [4.69, 9.17) is 21.1 Å². The van der Waals surface area contributed by atoms with E-state index in [1.807, 2.05) is 19.2 Å². The number of carbonyl (C=O) groups excluding carboxylic acids is 1. The van der Waals surface area contributed by atoms with Gasteiger partial charge in [0.05, 0.1) is 55.4 Å². The van der Waals surface area contributed by atoms with Gasteiger partial charge in [0.1, 0.15) is 10.8 Å². The second-order valence-electron chi connectivity index (χ2n) is 9.38. The number of hydrogen-bond acceptors (Lipinski definition) is 10. The number of benzene rings is 1. The predicted octanol–water partition coefficient (Wildman–Crippen LogP) is 2.51. The molecule has 5 rings (SSSR count). The highest BCUT2D eigenvalue weighted by molar-refractivity contribution is 6.32. The summed E-state index contributed by atoms with van der Waals surface area (Å²) in [6.07, 6.45) is 4.35. The number of nitrogens with one attached hydrogen (secondary N) is 2. The van der Waals surface area contributed by atoms with E-state index < -0.39 is 0 Å². The number of ether oxygens (including phenoxy) is 2. The Morgan fingerprint density at radius 3 is 2.77 bits per heavy atom. The zero-order valence-electron chi connectivity index (χ0n) is 21.9. The van der Waals surface area contributed by atoms with Gasteiger partial charge >= 0.3 is 0 Å². The molecule has 0 radical (unpaired) electrons. The summed E-state index contributed by atoms with van der Waals surface area (Å²) in [6.45, 7) is 10.0. The molecule has 2 saturated heterocycles. The molecule has 3 N–H and O–H groups in total. The van der Waals surface area contributed by atoms with Crippen molar-refractivity contribution < 1.29 is 19.4 Å².